The number of carbonyl (C=O) groups excluding carboxylic acids is 1. The molecule has 1 unspecified atom stereocenters. The van der Waals surface area contributed by atoms with Crippen molar-refractivity contribution >= 4 is 18.4 Å². The summed E-state index contributed by atoms with van der Waals surface area (Å²) < 4.78 is 11.5. The first kappa shape index (κ1) is 21.6. The van der Waals surface area contributed by atoms with E-state index >= 15 is 0 Å². The quantitative estimate of drug-likeness (QED) is 0.487. The van der Waals surface area contributed by atoms with Crippen LogP contribution in [0.5, 0.6) is 0 Å². The summed E-state index contributed by atoms with van der Waals surface area (Å²) in [7, 11) is 3.62. The number of ether oxygens (including phenoxy) is 2. The monoisotopic (exact) mass is 364 g/mol. The Balaban J connectivity index is 0.00000288. The summed E-state index contributed by atoms with van der Waals surface area (Å²) in [6, 6.07) is 0. The fraction of sp³-hybridized carbons (Fsp3) is 0.941. The Hall–Kier alpha value is -0.400. The highest BCUT2D eigenvalue weighted by Gasteiger charge is 2.31. The normalized spacial score (nSPS) is 26.2. The van der Waals surface area contributed by atoms with E-state index in [0.717, 1.165) is 45.3 Å². The van der Waals surface area contributed by atoms with Crippen molar-refractivity contribution in [2.45, 2.75) is 57.8 Å². The van der Waals surface area contributed by atoms with Gasteiger partial charge >= 0.3 is 5.97 Å². The van der Waals surface area contributed by atoms with E-state index in [0.29, 0.717) is 6.61 Å². The fourth-order valence-electron chi connectivity index (χ4n) is 3.49. The second kappa shape index (κ2) is 11.3. The summed E-state index contributed by atoms with van der Waals surface area (Å²) in [5.41, 5.74) is 0. The van der Waals surface area contributed by atoms with Crippen LogP contribution in [0.1, 0.15) is 45.4 Å². The molecule has 0 spiro atoms. The lowest BCUT2D eigenvalue weighted by molar-refractivity contribution is -0.180. The highest BCUT2D eigenvalue weighted by molar-refractivity contribution is 5.85. The second-order valence-electron chi connectivity index (χ2n) is 6.55. The van der Waals surface area contributed by atoms with Crippen molar-refractivity contribution < 1.29 is 19.1 Å². The Bertz CT molecular complexity index is 358. The molecule has 0 bridgehead atoms. The molecule has 0 aromatic carbocycles. The molecule has 1 heterocycles. The number of rotatable bonds is 8. The third kappa shape index (κ3) is 6.48. The van der Waals surface area contributed by atoms with Crippen LogP contribution in [0.2, 0.25) is 0 Å². The molecule has 1 saturated carbocycles. The summed E-state index contributed by atoms with van der Waals surface area (Å²) in [6.45, 7) is 5.27. The number of nitrogens with zero attached hydrogens (tertiary/aromatic N) is 2. The van der Waals surface area contributed by atoms with Crippen LogP contribution < -0.4 is 0 Å². The summed E-state index contributed by atoms with van der Waals surface area (Å²) in [5, 5.41) is 1.83. The molecule has 142 valence electrons. The van der Waals surface area contributed by atoms with Crippen molar-refractivity contribution in [2.24, 2.45) is 5.92 Å². The maximum absolute atomic E-state index is 11.8. The molecule has 2 aliphatic rings. The average Bonchev–Trinajstić information content (AvgIpc) is 3.09. The summed E-state index contributed by atoms with van der Waals surface area (Å²) in [4.78, 5) is 19.5. The first-order valence-corrected chi connectivity index (χ1v) is 8.95. The zero-order chi connectivity index (χ0) is 16.7. The third-order valence-electron chi connectivity index (χ3n) is 4.92. The van der Waals surface area contributed by atoms with Crippen molar-refractivity contribution in [1.82, 2.24) is 9.96 Å². The molecule has 0 N–H and O–H groups in total. The number of hydrogen-bond acceptors (Lipinski definition) is 6. The number of hydroxylamine groups is 2. The van der Waals surface area contributed by atoms with Gasteiger partial charge in [0.1, 0.15) is 6.23 Å². The standard InChI is InChI=1S/C17H32N2O4.ClH/c1-4-22-17(20)14-7-9-15(10-8-14)23-16(13-18(2)21-3)19-11-5-6-12-19;/h14-16H,4-13H2,1-3H3;1H. The number of hydrogen-bond donors (Lipinski definition) is 0. The highest BCUT2D eigenvalue weighted by Crippen LogP contribution is 2.29. The van der Waals surface area contributed by atoms with E-state index in [1.165, 1.54) is 12.8 Å². The van der Waals surface area contributed by atoms with E-state index in [9.17, 15) is 4.79 Å². The van der Waals surface area contributed by atoms with Gasteiger partial charge in [-0.05, 0) is 45.4 Å². The molecule has 1 aliphatic heterocycles. The molecule has 2 fully saturated rings. The van der Waals surface area contributed by atoms with E-state index < -0.39 is 0 Å². The molecule has 1 aliphatic carbocycles. The van der Waals surface area contributed by atoms with Crippen molar-refractivity contribution in [3.8, 4) is 0 Å². The Morgan fingerprint density at radius 2 is 1.83 bits per heavy atom. The average molecular weight is 365 g/mol. The van der Waals surface area contributed by atoms with Gasteiger partial charge in [0.15, 0.2) is 0 Å². The minimum atomic E-state index is -0.0406. The van der Waals surface area contributed by atoms with Crippen molar-refractivity contribution in [3.05, 3.63) is 0 Å². The van der Waals surface area contributed by atoms with Crippen LogP contribution in [0.3, 0.4) is 0 Å². The molecule has 0 aromatic rings. The van der Waals surface area contributed by atoms with Gasteiger partial charge in [0, 0.05) is 20.1 Å². The zero-order valence-electron chi connectivity index (χ0n) is 15.2. The molecule has 7 heteroatoms. The Morgan fingerprint density at radius 3 is 2.38 bits per heavy atom. The molecule has 1 saturated heterocycles. The smallest absolute Gasteiger partial charge is 0.308 e. The van der Waals surface area contributed by atoms with Crippen LogP contribution in [0.4, 0.5) is 0 Å². The number of likely N-dealkylation sites (N-methyl/N-ethyl adjacent to an activating group) is 1. The number of halogens is 1. The van der Waals surface area contributed by atoms with Gasteiger partial charge in [-0.25, -0.2) is 0 Å². The Labute approximate surface area is 152 Å². The lowest BCUT2D eigenvalue weighted by Gasteiger charge is -2.35. The maximum atomic E-state index is 11.8. The summed E-state index contributed by atoms with van der Waals surface area (Å²) >= 11 is 0. The molecule has 0 aromatic heterocycles. The predicted molar refractivity (Wildman–Crippen MR) is 94.9 cm³/mol. The summed E-state index contributed by atoms with van der Waals surface area (Å²) in [5.74, 6) is 0.0165. The van der Waals surface area contributed by atoms with Crippen LogP contribution in [0.25, 0.3) is 0 Å². The van der Waals surface area contributed by atoms with Crippen LogP contribution >= 0.6 is 12.4 Å². The number of likely N-dealkylation sites (tertiary alicyclic amines) is 1. The molecular weight excluding hydrogens is 332 g/mol. The highest BCUT2D eigenvalue weighted by atomic mass is 35.5. The minimum absolute atomic E-state index is 0. The van der Waals surface area contributed by atoms with Gasteiger partial charge in [0.2, 0.25) is 0 Å². The Kier molecular flexibility index (Phi) is 10.2. The first-order valence-electron chi connectivity index (χ1n) is 8.95. The molecular formula is C17H33ClN2O4. The van der Waals surface area contributed by atoms with Crippen LogP contribution in [0, 0.1) is 5.92 Å². The maximum Gasteiger partial charge on any atom is 0.308 e. The van der Waals surface area contributed by atoms with Gasteiger partial charge in [-0.15, -0.1) is 12.4 Å². The van der Waals surface area contributed by atoms with Crippen molar-refractivity contribution in [2.75, 3.05) is 40.4 Å². The van der Waals surface area contributed by atoms with E-state index in [2.05, 4.69) is 4.90 Å². The van der Waals surface area contributed by atoms with E-state index in [-0.39, 0.29) is 36.6 Å². The van der Waals surface area contributed by atoms with Gasteiger partial charge in [-0.3, -0.25) is 9.69 Å². The molecule has 0 radical (unpaired) electrons. The lowest BCUT2D eigenvalue weighted by atomic mass is 9.87. The molecule has 1 atom stereocenters. The topological polar surface area (TPSA) is 51.2 Å². The lowest BCUT2D eigenvalue weighted by Crippen LogP contribution is -2.45. The largest absolute Gasteiger partial charge is 0.466 e. The number of esters is 1. The van der Waals surface area contributed by atoms with Crippen LogP contribution in [-0.4, -0.2) is 68.7 Å². The first-order chi connectivity index (χ1) is 11.1. The van der Waals surface area contributed by atoms with Crippen LogP contribution in [-0.2, 0) is 19.1 Å². The van der Waals surface area contributed by atoms with E-state index in [1.807, 2.05) is 19.0 Å². The van der Waals surface area contributed by atoms with Gasteiger partial charge in [-0.1, -0.05) is 0 Å². The predicted octanol–water partition coefficient (Wildman–Crippen LogP) is 2.46. The minimum Gasteiger partial charge on any atom is -0.466 e. The van der Waals surface area contributed by atoms with Gasteiger partial charge in [0.25, 0.3) is 0 Å². The zero-order valence-corrected chi connectivity index (χ0v) is 16.1. The molecule has 0 amide bonds. The second-order valence-corrected chi connectivity index (χ2v) is 6.55. The third-order valence-corrected chi connectivity index (χ3v) is 4.92. The van der Waals surface area contributed by atoms with Crippen molar-refractivity contribution in [3.63, 3.8) is 0 Å². The number of carbonyl (C=O) groups is 1. The van der Waals surface area contributed by atoms with E-state index in [1.54, 1.807) is 7.11 Å². The SMILES string of the molecule is CCOC(=O)C1CCC(OC(CN(C)OC)N2CCCC2)CC1.Cl. The Morgan fingerprint density at radius 1 is 1.21 bits per heavy atom. The molecule has 2 rings (SSSR count). The van der Waals surface area contributed by atoms with Gasteiger partial charge < -0.3 is 14.3 Å². The molecule has 24 heavy (non-hydrogen) atoms. The summed E-state index contributed by atoms with van der Waals surface area (Å²) in [6.07, 6.45) is 6.41. The van der Waals surface area contributed by atoms with Crippen LogP contribution in [0.15, 0.2) is 0 Å². The fourth-order valence-corrected chi connectivity index (χ4v) is 3.49. The molecule has 6 nitrogen and oxygen atoms in total. The van der Waals surface area contributed by atoms with Crippen molar-refractivity contribution in [1.29, 1.82) is 0 Å². The van der Waals surface area contributed by atoms with Gasteiger partial charge in [-0.2, -0.15) is 5.06 Å². The van der Waals surface area contributed by atoms with Gasteiger partial charge in [0.05, 0.1) is 32.3 Å². The van der Waals surface area contributed by atoms with E-state index in [4.69, 9.17) is 14.3 Å².